The lowest BCUT2D eigenvalue weighted by atomic mass is 10.1. The molecule has 0 aliphatic rings. The zero-order valence-electron chi connectivity index (χ0n) is 13.5. The molecule has 0 radical (unpaired) electrons. The minimum absolute atomic E-state index is 0.632. The summed E-state index contributed by atoms with van der Waals surface area (Å²) in [5, 5.41) is 9.50. The maximum Gasteiger partial charge on any atom is 0.222 e. The predicted molar refractivity (Wildman–Crippen MR) is 98.2 cm³/mol. The first-order chi connectivity index (χ1) is 11.8. The molecule has 0 bridgehead atoms. The zero-order chi connectivity index (χ0) is 16.6. The summed E-state index contributed by atoms with van der Waals surface area (Å²) >= 11 is 0. The van der Waals surface area contributed by atoms with Crippen molar-refractivity contribution in [1.82, 2.24) is 9.97 Å². The van der Waals surface area contributed by atoms with Crippen LogP contribution in [0.3, 0.4) is 0 Å². The van der Waals surface area contributed by atoms with Crippen molar-refractivity contribution in [2.24, 2.45) is 5.10 Å². The molecule has 0 aliphatic carbocycles. The van der Waals surface area contributed by atoms with E-state index in [-0.39, 0.29) is 0 Å². The van der Waals surface area contributed by atoms with Gasteiger partial charge in [0, 0.05) is 26.0 Å². The summed E-state index contributed by atoms with van der Waals surface area (Å²) in [5.74, 6) is 0.632. The predicted octanol–water partition coefficient (Wildman–Crippen LogP) is 3.56. The molecule has 24 heavy (non-hydrogen) atoms. The van der Waals surface area contributed by atoms with Gasteiger partial charge in [-0.15, -0.1) is 0 Å². The van der Waals surface area contributed by atoms with Crippen molar-refractivity contribution in [3.05, 3.63) is 84.2 Å². The highest BCUT2D eigenvalue weighted by Gasteiger charge is 1.98. The monoisotopic (exact) mass is 317 g/mol. The lowest BCUT2D eigenvalue weighted by molar-refractivity contribution is 1.02. The number of aromatic nitrogens is 2. The Morgan fingerprint density at radius 2 is 1.67 bits per heavy atom. The molecule has 1 aromatic heterocycles. The summed E-state index contributed by atoms with van der Waals surface area (Å²) in [6, 6.07) is 20.1. The summed E-state index contributed by atoms with van der Waals surface area (Å²) in [6.07, 6.45) is 5.29. The van der Waals surface area contributed by atoms with Gasteiger partial charge in [0.1, 0.15) is 0 Å². The topological polar surface area (TPSA) is 53.4 Å². The Morgan fingerprint density at radius 3 is 2.38 bits per heavy atom. The van der Waals surface area contributed by atoms with E-state index in [2.05, 4.69) is 32.5 Å². The van der Waals surface area contributed by atoms with Gasteiger partial charge in [0.05, 0.1) is 11.9 Å². The molecule has 0 atom stereocenters. The average Bonchev–Trinajstić information content (AvgIpc) is 2.67. The van der Waals surface area contributed by atoms with E-state index < -0.39 is 0 Å². The molecule has 0 unspecified atom stereocenters. The molecule has 120 valence electrons. The van der Waals surface area contributed by atoms with Crippen LogP contribution >= 0.6 is 0 Å². The number of nitrogens with zero attached hydrogens (tertiary/aromatic N) is 4. The molecule has 0 amide bonds. The molecule has 0 saturated heterocycles. The van der Waals surface area contributed by atoms with E-state index in [1.807, 2.05) is 60.7 Å². The van der Waals surface area contributed by atoms with Gasteiger partial charge >= 0.3 is 0 Å². The van der Waals surface area contributed by atoms with E-state index in [1.54, 1.807) is 18.5 Å². The Bertz CT molecular complexity index is 770. The number of benzene rings is 2. The highest BCUT2D eigenvalue weighted by molar-refractivity contribution is 5.80. The number of hydrogen-bond donors (Lipinski definition) is 1. The lowest BCUT2D eigenvalue weighted by Gasteiger charge is -2.12. The number of hydrazone groups is 1. The number of rotatable bonds is 6. The van der Waals surface area contributed by atoms with Crippen LogP contribution in [-0.2, 0) is 6.54 Å². The van der Waals surface area contributed by atoms with Crippen molar-refractivity contribution < 1.29 is 0 Å². The quantitative estimate of drug-likeness (QED) is 0.558. The Morgan fingerprint density at radius 1 is 0.958 bits per heavy atom. The largest absolute Gasteiger partial charge is 0.350 e. The highest BCUT2D eigenvalue weighted by Crippen LogP contribution is 2.11. The molecule has 0 fully saturated rings. The highest BCUT2D eigenvalue weighted by atomic mass is 15.4. The maximum atomic E-state index is 4.46. The van der Waals surface area contributed by atoms with Crippen LogP contribution in [0.5, 0.6) is 0 Å². The van der Waals surface area contributed by atoms with Crippen molar-refractivity contribution in [3.8, 4) is 0 Å². The smallest absolute Gasteiger partial charge is 0.222 e. The van der Waals surface area contributed by atoms with Gasteiger partial charge in [-0.2, -0.15) is 5.10 Å². The van der Waals surface area contributed by atoms with Gasteiger partial charge in [-0.25, -0.2) is 9.97 Å². The lowest BCUT2D eigenvalue weighted by Crippen LogP contribution is -2.08. The van der Waals surface area contributed by atoms with Crippen molar-refractivity contribution >= 4 is 17.9 Å². The first-order valence-electron chi connectivity index (χ1n) is 7.74. The summed E-state index contributed by atoms with van der Waals surface area (Å²) in [5.41, 5.74) is 3.27. The van der Waals surface area contributed by atoms with Gasteiger partial charge in [0.2, 0.25) is 5.95 Å². The third-order valence-electron chi connectivity index (χ3n) is 3.51. The normalized spacial score (nSPS) is 10.7. The van der Waals surface area contributed by atoms with Gasteiger partial charge < -0.3 is 5.32 Å². The summed E-state index contributed by atoms with van der Waals surface area (Å²) in [7, 11) is 1.93. The fraction of sp³-hybridized carbons (Fsp3) is 0.105. The second-order valence-electron chi connectivity index (χ2n) is 5.27. The van der Waals surface area contributed by atoms with Crippen LogP contribution in [0, 0.1) is 0 Å². The van der Waals surface area contributed by atoms with E-state index in [4.69, 9.17) is 0 Å². The van der Waals surface area contributed by atoms with Crippen LogP contribution in [0.1, 0.15) is 11.1 Å². The van der Waals surface area contributed by atoms with Crippen molar-refractivity contribution in [1.29, 1.82) is 0 Å². The molecule has 1 heterocycles. The first-order valence-corrected chi connectivity index (χ1v) is 7.74. The van der Waals surface area contributed by atoms with Crippen molar-refractivity contribution in [2.75, 3.05) is 17.4 Å². The molecule has 3 aromatic rings. The fourth-order valence-electron chi connectivity index (χ4n) is 2.16. The van der Waals surface area contributed by atoms with E-state index in [0.29, 0.717) is 12.5 Å². The van der Waals surface area contributed by atoms with E-state index in [9.17, 15) is 0 Å². The minimum atomic E-state index is 0.632. The molecule has 0 spiro atoms. The number of para-hydroxylation sites is 1. The summed E-state index contributed by atoms with van der Waals surface area (Å²) in [4.78, 5) is 8.28. The van der Waals surface area contributed by atoms with E-state index in [0.717, 1.165) is 16.8 Å². The second-order valence-corrected chi connectivity index (χ2v) is 5.27. The van der Waals surface area contributed by atoms with Crippen molar-refractivity contribution in [3.63, 3.8) is 0 Å². The van der Waals surface area contributed by atoms with Gasteiger partial charge in [0.15, 0.2) is 0 Å². The van der Waals surface area contributed by atoms with Crippen LogP contribution in [0.4, 0.5) is 11.6 Å². The van der Waals surface area contributed by atoms with Crippen LogP contribution in [-0.4, -0.2) is 23.2 Å². The molecular weight excluding hydrogens is 298 g/mol. The Hall–Kier alpha value is -3.21. The molecule has 5 nitrogen and oxygen atoms in total. The Balaban J connectivity index is 1.57. The van der Waals surface area contributed by atoms with Crippen LogP contribution in [0.15, 0.2) is 78.2 Å². The maximum absolute atomic E-state index is 4.46. The SMILES string of the molecule is CN(N=Cc1ccc(CNc2ncccn2)cc1)c1ccccc1. The summed E-state index contributed by atoms with van der Waals surface area (Å²) in [6.45, 7) is 0.686. The second kappa shape index (κ2) is 7.87. The standard InChI is InChI=1S/C19H19N5/c1-24(18-6-3-2-4-7-18)23-15-17-10-8-16(9-11-17)14-22-19-20-12-5-13-21-19/h2-13,15H,14H2,1H3,(H,20,21,22). The zero-order valence-corrected chi connectivity index (χ0v) is 13.5. The Kier molecular flexibility index (Phi) is 5.14. The Labute approximate surface area is 141 Å². The van der Waals surface area contributed by atoms with Crippen LogP contribution in [0.2, 0.25) is 0 Å². The minimum Gasteiger partial charge on any atom is -0.350 e. The van der Waals surface area contributed by atoms with E-state index in [1.165, 1.54) is 0 Å². The van der Waals surface area contributed by atoms with E-state index >= 15 is 0 Å². The molecule has 0 aliphatic heterocycles. The van der Waals surface area contributed by atoms with Crippen LogP contribution in [0.25, 0.3) is 0 Å². The van der Waals surface area contributed by atoms with Gasteiger partial charge in [-0.05, 0) is 29.3 Å². The number of anilines is 2. The average molecular weight is 317 g/mol. The number of hydrogen-bond acceptors (Lipinski definition) is 5. The molecular formula is C19H19N5. The van der Waals surface area contributed by atoms with Crippen LogP contribution < -0.4 is 10.3 Å². The third kappa shape index (κ3) is 4.39. The van der Waals surface area contributed by atoms with Gasteiger partial charge in [-0.1, -0.05) is 42.5 Å². The fourth-order valence-corrected chi connectivity index (χ4v) is 2.16. The molecule has 2 aromatic carbocycles. The molecule has 3 rings (SSSR count). The molecule has 0 saturated carbocycles. The number of nitrogens with one attached hydrogen (secondary N) is 1. The molecule has 1 N–H and O–H groups in total. The van der Waals surface area contributed by atoms with Crippen molar-refractivity contribution in [2.45, 2.75) is 6.54 Å². The molecule has 5 heteroatoms. The first kappa shape index (κ1) is 15.7. The van der Waals surface area contributed by atoms with Gasteiger partial charge in [0.25, 0.3) is 0 Å². The van der Waals surface area contributed by atoms with Gasteiger partial charge in [-0.3, -0.25) is 5.01 Å². The third-order valence-corrected chi connectivity index (χ3v) is 3.51. The summed E-state index contributed by atoms with van der Waals surface area (Å²) < 4.78 is 0.